The van der Waals surface area contributed by atoms with E-state index in [2.05, 4.69) is 11.1 Å². The van der Waals surface area contributed by atoms with Gasteiger partial charge < -0.3 is 4.98 Å². The Kier molecular flexibility index (Phi) is 1.75. The Morgan fingerprint density at radius 1 is 1.27 bits per heavy atom. The monoisotopic (exact) mass is 197 g/mol. The van der Waals surface area contributed by atoms with Crippen molar-refractivity contribution in [1.82, 2.24) is 4.98 Å². The van der Waals surface area contributed by atoms with E-state index in [0.717, 1.165) is 17.5 Å². The number of hydrogen-bond donors (Lipinski definition) is 1. The fourth-order valence-corrected chi connectivity index (χ4v) is 2.22. The molecule has 3 rings (SSSR count). The molecule has 0 saturated heterocycles. The highest BCUT2D eigenvalue weighted by molar-refractivity contribution is 6.01. The summed E-state index contributed by atoms with van der Waals surface area (Å²) in [5.74, 6) is 0.251. The number of fused-ring (bicyclic) bond motifs is 1. The summed E-state index contributed by atoms with van der Waals surface area (Å²) >= 11 is 0. The number of carbonyl (C=O) groups is 1. The van der Waals surface area contributed by atoms with Crippen molar-refractivity contribution in [3.63, 3.8) is 0 Å². The molecule has 1 heterocycles. The maximum atomic E-state index is 11.6. The first-order chi connectivity index (χ1) is 7.36. The predicted molar refractivity (Wildman–Crippen MR) is 59.8 cm³/mol. The van der Waals surface area contributed by atoms with Gasteiger partial charge in [-0.25, -0.2) is 0 Å². The van der Waals surface area contributed by atoms with Gasteiger partial charge in [-0.1, -0.05) is 24.3 Å². The lowest BCUT2D eigenvalue weighted by molar-refractivity contribution is -0.115. The molecule has 0 fully saturated rings. The van der Waals surface area contributed by atoms with Gasteiger partial charge in [-0.05, 0) is 24.1 Å². The Bertz CT molecular complexity index is 550. The van der Waals surface area contributed by atoms with Gasteiger partial charge in [0, 0.05) is 17.1 Å². The summed E-state index contributed by atoms with van der Waals surface area (Å²) in [5, 5.41) is 1.17. The molecule has 0 amide bonds. The first-order valence-corrected chi connectivity index (χ1v) is 5.12. The molecular weight excluding hydrogens is 186 g/mol. The molecule has 2 heteroatoms. The smallest absolute Gasteiger partial charge is 0.163 e. The number of H-pyrrole nitrogens is 1. The van der Waals surface area contributed by atoms with Crippen LogP contribution in [0.25, 0.3) is 10.9 Å². The SMILES string of the molecule is O=C1C=CCC1c1c[nH]c2ccccc12. The standard InChI is InChI=1S/C13H11NO/c15-13-7-3-5-10(13)11-8-14-12-6-2-1-4-9(11)12/h1-4,6-8,10,14H,5H2. The highest BCUT2D eigenvalue weighted by Gasteiger charge is 2.23. The zero-order valence-corrected chi connectivity index (χ0v) is 8.23. The van der Waals surface area contributed by atoms with E-state index >= 15 is 0 Å². The number of allylic oxidation sites excluding steroid dienone is 2. The van der Waals surface area contributed by atoms with Crippen molar-refractivity contribution < 1.29 is 4.79 Å². The minimum atomic E-state index is 0.0288. The quantitative estimate of drug-likeness (QED) is 0.749. The van der Waals surface area contributed by atoms with Gasteiger partial charge in [0.15, 0.2) is 5.78 Å². The van der Waals surface area contributed by atoms with Gasteiger partial charge in [0.1, 0.15) is 0 Å². The fraction of sp³-hybridized carbons (Fsp3) is 0.154. The van der Waals surface area contributed by atoms with E-state index in [1.54, 1.807) is 6.08 Å². The Morgan fingerprint density at radius 2 is 2.13 bits per heavy atom. The van der Waals surface area contributed by atoms with Crippen LogP contribution in [-0.4, -0.2) is 10.8 Å². The first kappa shape index (κ1) is 8.48. The lowest BCUT2D eigenvalue weighted by atomic mass is 9.96. The van der Waals surface area contributed by atoms with Crippen molar-refractivity contribution in [3.8, 4) is 0 Å². The molecule has 2 aromatic rings. The fourth-order valence-electron chi connectivity index (χ4n) is 2.22. The molecule has 1 atom stereocenters. The molecule has 0 bridgehead atoms. The van der Waals surface area contributed by atoms with Crippen molar-refractivity contribution in [2.75, 3.05) is 0 Å². The van der Waals surface area contributed by atoms with E-state index < -0.39 is 0 Å². The van der Waals surface area contributed by atoms with Gasteiger partial charge in [0.25, 0.3) is 0 Å². The van der Waals surface area contributed by atoms with Crippen LogP contribution in [0, 0.1) is 0 Å². The van der Waals surface area contributed by atoms with Crippen molar-refractivity contribution in [1.29, 1.82) is 0 Å². The molecule has 0 saturated carbocycles. The summed E-state index contributed by atoms with van der Waals surface area (Å²) in [6.45, 7) is 0. The largest absolute Gasteiger partial charge is 0.361 e. The zero-order chi connectivity index (χ0) is 10.3. The molecule has 1 unspecified atom stereocenters. The second-order valence-electron chi connectivity index (χ2n) is 3.88. The van der Waals surface area contributed by atoms with Crippen LogP contribution < -0.4 is 0 Å². The van der Waals surface area contributed by atoms with E-state index in [4.69, 9.17) is 0 Å². The van der Waals surface area contributed by atoms with Crippen molar-refractivity contribution >= 4 is 16.7 Å². The van der Waals surface area contributed by atoms with Gasteiger partial charge in [0.2, 0.25) is 0 Å². The third-order valence-electron chi connectivity index (χ3n) is 2.99. The number of para-hydroxylation sites is 1. The van der Waals surface area contributed by atoms with Crippen LogP contribution in [0.5, 0.6) is 0 Å². The average Bonchev–Trinajstić information content (AvgIpc) is 2.83. The summed E-state index contributed by atoms with van der Waals surface area (Å²) in [6.07, 6.45) is 6.43. The Labute approximate surface area is 87.6 Å². The third kappa shape index (κ3) is 1.22. The Balaban J connectivity index is 2.15. The molecule has 74 valence electrons. The molecule has 1 aromatic heterocycles. The van der Waals surface area contributed by atoms with Gasteiger partial charge in [0.05, 0.1) is 5.92 Å². The lowest BCUT2D eigenvalue weighted by Gasteiger charge is -2.05. The van der Waals surface area contributed by atoms with Crippen LogP contribution in [0.1, 0.15) is 17.9 Å². The van der Waals surface area contributed by atoms with Gasteiger partial charge in [-0.2, -0.15) is 0 Å². The van der Waals surface area contributed by atoms with E-state index in [1.165, 1.54) is 5.39 Å². The number of aromatic amines is 1. The minimum Gasteiger partial charge on any atom is -0.361 e. The number of carbonyl (C=O) groups excluding carboxylic acids is 1. The van der Waals surface area contributed by atoms with E-state index in [1.807, 2.05) is 30.5 Å². The molecule has 1 aromatic carbocycles. The highest BCUT2D eigenvalue weighted by atomic mass is 16.1. The third-order valence-corrected chi connectivity index (χ3v) is 2.99. The maximum absolute atomic E-state index is 11.6. The zero-order valence-electron chi connectivity index (χ0n) is 8.23. The van der Waals surface area contributed by atoms with E-state index in [-0.39, 0.29) is 11.7 Å². The Hall–Kier alpha value is -1.83. The number of rotatable bonds is 1. The van der Waals surface area contributed by atoms with Crippen molar-refractivity contribution in [2.24, 2.45) is 0 Å². The molecule has 1 aliphatic carbocycles. The molecule has 0 spiro atoms. The lowest BCUT2D eigenvalue weighted by Crippen LogP contribution is -2.03. The van der Waals surface area contributed by atoms with Gasteiger partial charge in [-0.15, -0.1) is 0 Å². The highest BCUT2D eigenvalue weighted by Crippen LogP contribution is 2.31. The summed E-state index contributed by atoms with van der Waals surface area (Å²) < 4.78 is 0. The number of aromatic nitrogens is 1. The molecule has 1 aliphatic rings. The molecule has 0 radical (unpaired) electrons. The summed E-state index contributed by atoms with van der Waals surface area (Å²) in [6, 6.07) is 8.10. The van der Waals surface area contributed by atoms with E-state index in [9.17, 15) is 4.79 Å². The molecule has 0 aliphatic heterocycles. The number of benzene rings is 1. The first-order valence-electron chi connectivity index (χ1n) is 5.12. The van der Waals surface area contributed by atoms with Gasteiger partial charge >= 0.3 is 0 Å². The van der Waals surface area contributed by atoms with Crippen LogP contribution in [0.15, 0.2) is 42.6 Å². The molecule has 2 nitrogen and oxygen atoms in total. The minimum absolute atomic E-state index is 0.0288. The maximum Gasteiger partial charge on any atom is 0.163 e. The summed E-state index contributed by atoms with van der Waals surface area (Å²) in [7, 11) is 0. The van der Waals surface area contributed by atoms with Crippen LogP contribution in [0.4, 0.5) is 0 Å². The summed E-state index contributed by atoms with van der Waals surface area (Å²) in [4.78, 5) is 14.8. The second kappa shape index (κ2) is 3.09. The normalized spacial score (nSPS) is 20.3. The molecule has 1 N–H and O–H groups in total. The molecular formula is C13H11NO. The number of hydrogen-bond acceptors (Lipinski definition) is 1. The van der Waals surface area contributed by atoms with Crippen LogP contribution >= 0.6 is 0 Å². The average molecular weight is 197 g/mol. The summed E-state index contributed by atoms with van der Waals surface area (Å²) in [5.41, 5.74) is 2.23. The number of nitrogens with one attached hydrogen (secondary N) is 1. The topological polar surface area (TPSA) is 32.9 Å². The van der Waals surface area contributed by atoms with Gasteiger partial charge in [-0.3, -0.25) is 4.79 Å². The molecule has 15 heavy (non-hydrogen) atoms. The van der Waals surface area contributed by atoms with Crippen LogP contribution in [0.3, 0.4) is 0 Å². The van der Waals surface area contributed by atoms with E-state index in [0.29, 0.717) is 0 Å². The Morgan fingerprint density at radius 3 is 2.93 bits per heavy atom. The number of ketones is 1. The van der Waals surface area contributed by atoms with Crippen LogP contribution in [-0.2, 0) is 4.79 Å². The predicted octanol–water partition coefficient (Wildman–Crippen LogP) is 2.78. The van der Waals surface area contributed by atoms with Crippen molar-refractivity contribution in [2.45, 2.75) is 12.3 Å². The van der Waals surface area contributed by atoms with Crippen molar-refractivity contribution in [3.05, 3.63) is 48.2 Å². The van der Waals surface area contributed by atoms with Crippen LogP contribution in [0.2, 0.25) is 0 Å². The second-order valence-corrected chi connectivity index (χ2v) is 3.88.